The minimum absolute atomic E-state index is 0.00710. The Morgan fingerprint density at radius 1 is 1.30 bits per heavy atom. The van der Waals surface area contributed by atoms with Crippen molar-refractivity contribution in [3.05, 3.63) is 18.6 Å². The van der Waals surface area contributed by atoms with Crippen molar-refractivity contribution in [2.24, 2.45) is 17.6 Å². The van der Waals surface area contributed by atoms with Gasteiger partial charge >= 0.3 is 0 Å². The smallest absolute Gasteiger partial charge is 0.223 e. The first-order chi connectivity index (χ1) is 11.2. The Bertz CT molecular complexity index is 707. The number of aromatic amines is 1. The number of ether oxygens (including phenoxy) is 1. The van der Waals surface area contributed by atoms with Crippen LogP contribution in [-0.2, 0) is 9.53 Å². The van der Waals surface area contributed by atoms with Gasteiger partial charge in [-0.25, -0.2) is 9.97 Å². The van der Waals surface area contributed by atoms with Gasteiger partial charge in [-0.3, -0.25) is 4.79 Å². The third-order valence-electron chi connectivity index (χ3n) is 5.14. The molecule has 2 atom stereocenters. The molecular weight excluding hydrogens is 294 g/mol. The zero-order valence-electron chi connectivity index (χ0n) is 12.9. The van der Waals surface area contributed by atoms with Crippen LogP contribution in [0.4, 0.5) is 5.82 Å². The first kappa shape index (κ1) is 14.4. The molecule has 0 saturated carbocycles. The fourth-order valence-electron chi connectivity index (χ4n) is 3.93. The highest BCUT2D eigenvalue weighted by molar-refractivity contribution is 5.87. The van der Waals surface area contributed by atoms with Crippen LogP contribution >= 0.6 is 0 Å². The zero-order valence-corrected chi connectivity index (χ0v) is 12.9. The second kappa shape index (κ2) is 5.81. The van der Waals surface area contributed by atoms with Crippen LogP contribution < -0.4 is 10.6 Å². The van der Waals surface area contributed by atoms with E-state index >= 15 is 0 Å². The summed E-state index contributed by atoms with van der Waals surface area (Å²) in [6.07, 6.45) is 6.22. The van der Waals surface area contributed by atoms with Crippen molar-refractivity contribution in [2.75, 3.05) is 24.6 Å². The maximum atomic E-state index is 11.6. The third kappa shape index (κ3) is 2.55. The summed E-state index contributed by atoms with van der Waals surface area (Å²) in [5, 5.41) is 1.05. The molecule has 0 unspecified atom stereocenters. The average molecular weight is 315 g/mol. The molecule has 2 aromatic rings. The van der Waals surface area contributed by atoms with E-state index in [9.17, 15) is 4.79 Å². The Labute approximate surface area is 134 Å². The number of primary amides is 1. The van der Waals surface area contributed by atoms with Gasteiger partial charge < -0.3 is 20.4 Å². The number of carbonyl (C=O) groups excluding carboxylic acids is 1. The normalized spacial score (nSPS) is 26.0. The van der Waals surface area contributed by atoms with Crippen molar-refractivity contribution in [1.82, 2.24) is 15.0 Å². The predicted molar refractivity (Wildman–Crippen MR) is 85.9 cm³/mol. The minimum Gasteiger partial charge on any atom is -0.377 e. The fraction of sp³-hybridized carbons (Fsp3) is 0.562. The van der Waals surface area contributed by atoms with E-state index in [0.29, 0.717) is 12.5 Å². The number of carbonyl (C=O) groups is 1. The summed E-state index contributed by atoms with van der Waals surface area (Å²) < 4.78 is 5.82. The number of piperidine rings is 1. The van der Waals surface area contributed by atoms with E-state index in [1.807, 2.05) is 12.3 Å². The maximum Gasteiger partial charge on any atom is 0.223 e. The van der Waals surface area contributed by atoms with Crippen LogP contribution in [0.25, 0.3) is 11.0 Å². The van der Waals surface area contributed by atoms with E-state index in [2.05, 4.69) is 19.9 Å². The Hall–Kier alpha value is -2.15. The van der Waals surface area contributed by atoms with Gasteiger partial charge in [0, 0.05) is 25.9 Å². The second-order valence-corrected chi connectivity index (χ2v) is 6.39. The average Bonchev–Trinajstić information content (AvgIpc) is 3.23. The Kier molecular flexibility index (Phi) is 3.65. The molecule has 0 radical (unpaired) electrons. The Morgan fingerprint density at radius 2 is 2.13 bits per heavy atom. The van der Waals surface area contributed by atoms with Crippen molar-refractivity contribution in [3.8, 4) is 0 Å². The molecule has 1 amide bonds. The molecule has 2 aromatic heterocycles. The van der Waals surface area contributed by atoms with Gasteiger partial charge in [0.25, 0.3) is 0 Å². The number of hydrogen-bond acceptors (Lipinski definition) is 5. The molecule has 3 N–H and O–H groups in total. The van der Waals surface area contributed by atoms with Crippen LogP contribution in [0.5, 0.6) is 0 Å². The molecule has 7 heteroatoms. The van der Waals surface area contributed by atoms with Gasteiger partial charge in [0.05, 0.1) is 17.4 Å². The van der Waals surface area contributed by atoms with Gasteiger partial charge in [-0.2, -0.15) is 0 Å². The maximum absolute atomic E-state index is 11.6. The van der Waals surface area contributed by atoms with Gasteiger partial charge in [0.15, 0.2) is 0 Å². The summed E-state index contributed by atoms with van der Waals surface area (Å²) in [6.45, 7) is 2.47. The minimum atomic E-state index is -0.222. The van der Waals surface area contributed by atoms with E-state index in [4.69, 9.17) is 10.5 Å². The van der Waals surface area contributed by atoms with E-state index in [-0.39, 0.29) is 17.9 Å². The second-order valence-electron chi connectivity index (χ2n) is 6.39. The summed E-state index contributed by atoms with van der Waals surface area (Å²) in [6, 6.07) is 2.01. The lowest BCUT2D eigenvalue weighted by Gasteiger charge is -2.36. The summed E-state index contributed by atoms with van der Waals surface area (Å²) in [4.78, 5) is 25.7. The van der Waals surface area contributed by atoms with Gasteiger partial charge in [-0.1, -0.05) is 0 Å². The number of amides is 1. The van der Waals surface area contributed by atoms with Crippen LogP contribution in [0, 0.1) is 11.8 Å². The van der Waals surface area contributed by atoms with Crippen LogP contribution in [0.3, 0.4) is 0 Å². The summed E-state index contributed by atoms with van der Waals surface area (Å²) in [5.74, 6) is 1.03. The molecule has 23 heavy (non-hydrogen) atoms. The van der Waals surface area contributed by atoms with E-state index in [1.165, 1.54) is 0 Å². The topological polar surface area (TPSA) is 97.1 Å². The van der Waals surface area contributed by atoms with Crippen LogP contribution in [0.15, 0.2) is 18.6 Å². The zero-order chi connectivity index (χ0) is 15.8. The van der Waals surface area contributed by atoms with Crippen LogP contribution in [0.2, 0.25) is 0 Å². The Morgan fingerprint density at radius 3 is 2.91 bits per heavy atom. The van der Waals surface area contributed by atoms with Crippen molar-refractivity contribution in [3.63, 3.8) is 0 Å². The van der Waals surface area contributed by atoms with Crippen molar-refractivity contribution in [1.29, 1.82) is 0 Å². The molecule has 0 aliphatic carbocycles. The molecule has 2 saturated heterocycles. The first-order valence-corrected chi connectivity index (χ1v) is 8.18. The summed E-state index contributed by atoms with van der Waals surface area (Å²) >= 11 is 0. The predicted octanol–water partition coefficient (Wildman–Crippen LogP) is 1.06. The van der Waals surface area contributed by atoms with Crippen LogP contribution in [-0.4, -0.2) is 46.7 Å². The van der Waals surface area contributed by atoms with Crippen molar-refractivity contribution < 1.29 is 9.53 Å². The highest BCUT2D eigenvalue weighted by Gasteiger charge is 2.39. The number of H-pyrrole nitrogens is 1. The standard InChI is InChI=1S/C16H21N5O2/c17-14(22)11-4-8-23-13(11)10-2-6-21(7-3-10)16-12-1-5-18-15(12)19-9-20-16/h1,5,9-11,13H,2-4,6-8H2,(H2,17,22)(H,18,19,20)/t11-,13+/m0/s1. The van der Waals surface area contributed by atoms with Crippen molar-refractivity contribution >= 4 is 22.8 Å². The first-order valence-electron chi connectivity index (χ1n) is 8.18. The van der Waals surface area contributed by atoms with E-state index < -0.39 is 0 Å². The van der Waals surface area contributed by atoms with Crippen LogP contribution in [0.1, 0.15) is 19.3 Å². The lowest BCUT2D eigenvalue weighted by atomic mass is 9.84. The molecule has 122 valence electrons. The molecule has 7 nitrogen and oxygen atoms in total. The number of fused-ring (bicyclic) bond motifs is 1. The number of nitrogens with two attached hydrogens (primary N) is 1. The molecule has 4 heterocycles. The quantitative estimate of drug-likeness (QED) is 0.883. The molecule has 0 spiro atoms. The van der Waals surface area contributed by atoms with Gasteiger partial charge in [0.2, 0.25) is 5.91 Å². The highest BCUT2D eigenvalue weighted by atomic mass is 16.5. The summed E-state index contributed by atoms with van der Waals surface area (Å²) in [5.41, 5.74) is 6.38. The fourth-order valence-corrected chi connectivity index (χ4v) is 3.93. The van der Waals surface area contributed by atoms with Gasteiger partial charge in [0.1, 0.15) is 17.8 Å². The number of rotatable bonds is 3. The lowest BCUT2D eigenvalue weighted by molar-refractivity contribution is -0.124. The number of anilines is 1. The van der Waals surface area contributed by atoms with Gasteiger partial charge in [-0.15, -0.1) is 0 Å². The molecule has 0 bridgehead atoms. The van der Waals surface area contributed by atoms with Gasteiger partial charge in [-0.05, 0) is 31.2 Å². The molecule has 2 fully saturated rings. The highest BCUT2D eigenvalue weighted by Crippen LogP contribution is 2.34. The number of aromatic nitrogens is 3. The van der Waals surface area contributed by atoms with E-state index in [1.54, 1.807) is 6.33 Å². The number of hydrogen-bond donors (Lipinski definition) is 2. The molecule has 2 aliphatic heterocycles. The molecule has 2 aliphatic rings. The third-order valence-corrected chi connectivity index (χ3v) is 5.14. The molecular formula is C16H21N5O2. The number of nitrogens with zero attached hydrogens (tertiary/aromatic N) is 3. The molecule has 4 rings (SSSR count). The summed E-state index contributed by atoms with van der Waals surface area (Å²) in [7, 11) is 0. The lowest BCUT2D eigenvalue weighted by Crippen LogP contribution is -2.42. The molecule has 0 aromatic carbocycles. The Balaban J connectivity index is 1.47. The van der Waals surface area contributed by atoms with Crippen molar-refractivity contribution in [2.45, 2.75) is 25.4 Å². The number of nitrogens with one attached hydrogen (secondary N) is 1. The SMILES string of the molecule is NC(=O)[C@H]1CCO[C@@H]1C1CCN(c2ncnc3[nH]ccc23)CC1. The van der Waals surface area contributed by atoms with E-state index in [0.717, 1.165) is 49.2 Å². The largest absolute Gasteiger partial charge is 0.377 e. The monoisotopic (exact) mass is 315 g/mol.